The lowest BCUT2D eigenvalue weighted by atomic mass is 10.4. The van der Waals surface area contributed by atoms with E-state index in [2.05, 4.69) is 52.0 Å². The summed E-state index contributed by atoms with van der Waals surface area (Å²) in [6.07, 6.45) is 0. The number of hydrogen-bond acceptors (Lipinski definition) is 7. The summed E-state index contributed by atoms with van der Waals surface area (Å²) in [6, 6.07) is 25.4. The van der Waals surface area contributed by atoms with Crippen molar-refractivity contribution in [3.8, 4) is 12.1 Å². The van der Waals surface area contributed by atoms with E-state index in [0.717, 1.165) is 15.8 Å². The van der Waals surface area contributed by atoms with Crippen LogP contribution in [-0.2, 0) is 26.1 Å². The largest absolute Gasteiger partial charge is 0.290 e. The van der Waals surface area contributed by atoms with E-state index >= 15 is 0 Å². The minimum atomic E-state index is -1.31. The molecule has 0 radical (unpaired) electrons. The molecule has 2 unspecified atom stereocenters. The Labute approximate surface area is 277 Å². The fourth-order valence-electron chi connectivity index (χ4n) is 2.23. The molecule has 5 nitrogen and oxygen atoms in total. The van der Waals surface area contributed by atoms with E-state index in [-0.39, 0.29) is 0 Å². The van der Waals surface area contributed by atoms with Crippen molar-refractivity contribution in [2.75, 3.05) is 18.8 Å². The molecule has 0 amide bonds. The third kappa shape index (κ3) is 14.0. The summed E-state index contributed by atoms with van der Waals surface area (Å²) in [7, 11) is 0.108. The van der Waals surface area contributed by atoms with Crippen LogP contribution < -0.4 is 0 Å². The Morgan fingerprint density at radius 2 is 1.21 bits per heavy atom. The highest BCUT2D eigenvalue weighted by Gasteiger charge is 2.14. The lowest BCUT2D eigenvalue weighted by Gasteiger charge is -1.99. The van der Waals surface area contributed by atoms with Crippen molar-refractivity contribution in [2.24, 2.45) is 0 Å². The average Bonchev–Trinajstić information content (AvgIpc) is 3.56. The fraction of sp³-hybridized carbons (Fsp3) is 0.120. The van der Waals surface area contributed by atoms with Crippen LogP contribution >= 0.6 is 93.7 Å². The second-order valence-corrected chi connectivity index (χ2v) is 12.9. The van der Waals surface area contributed by atoms with Gasteiger partial charge in [0, 0.05) is 9.37 Å². The highest BCUT2D eigenvalue weighted by Crippen LogP contribution is 2.32. The SMILES string of the molecule is CBr.CBr.COS(=O)c1ccccc1.N#Cc1cc(Br)c(Cl)s1.N#Cc1cc(S(=O)c2ccccc2)c(Cl)s1. The molecule has 2 atom stereocenters. The Bertz CT molecular complexity index is 1370. The number of nitrogens with zero attached hydrogens (tertiary/aromatic N) is 2. The van der Waals surface area contributed by atoms with Gasteiger partial charge in [-0.2, -0.15) is 10.5 Å². The summed E-state index contributed by atoms with van der Waals surface area (Å²) >= 11 is 21.8. The molecule has 0 N–H and O–H groups in total. The zero-order chi connectivity index (χ0) is 29.8. The van der Waals surface area contributed by atoms with Crippen LogP contribution in [0.2, 0.25) is 8.67 Å². The van der Waals surface area contributed by atoms with Crippen LogP contribution in [0.5, 0.6) is 0 Å². The number of thiophene rings is 2. The third-order valence-electron chi connectivity index (χ3n) is 3.77. The normalized spacial score (nSPS) is 10.6. The zero-order valence-electron chi connectivity index (χ0n) is 20.6. The van der Waals surface area contributed by atoms with Crippen LogP contribution in [-0.4, -0.2) is 27.2 Å². The van der Waals surface area contributed by atoms with Crippen LogP contribution in [0, 0.1) is 22.7 Å². The molecule has 0 fully saturated rings. The zero-order valence-corrected chi connectivity index (χ0v) is 30.1. The van der Waals surface area contributed by atoms with Crippen LogP contribution in [0.25, 0.3) is 0 Å². The molecule has 208 valence electrons. The monoisotopic (exact) mass is 832 g/mol. The van der Waals surface area contributed by atoms with Gasteiger partial charge in [-0.25, -0.2) is 8.42 Å². The maximum atomic E-state index is 12.1. The van der Waals surface area contributed by atoms with Crippen molar-refractivity contribution in [3.63, 3.8) is 0 Å². The summed E-state index contributed by atoms with van der Waals surface area (Å²) < 4.78 is 29.5. The van der Waals surface area contributed by atoms with Gasteiger partial charge in [0.1, 0.15) is 30.6 Å². The number of hydrogen-bond donors (Lipinski definition) is 0. The summed E-state index contributed by atoms with van der Waals surface area (Å²) in [5.41, 5.74) is 0. The highest BCUT2D eigenvalue weighted by atomic mass is 79.9. The van der Waals surface area contributed by atoms with Gasteiger partial charge in [0.25, 0.3) is 0 Å². The van der Waals surface area contributed by atoms with E-state index in [1.165, 1.54) is 18.4 Å². The predicted octanol–water partition coefficient (Wildman–Crippen LogP) is 9.85. The Balaban J connectivity index is 0.000000546. The Hall–Kier alpha value is -0.900. The summed E-state index contributed by atoms with van der Waals surface area (Å²) in [4.78, 5) is 3.00. The van der Waals surface area contributed by atoms with Gasteiger partial charge in [-0.3, -0.25) is 4.18 Å². The molecule has 0 bridgehead atoms. The minimum absolute atomic E-state index is 0.415. The summed E-state index contributed by atoms with van der Waals surface area (Å²) in [5.74, 6) is 3.62. The molecule has 14 heteroatoms. The maximum Gasteiger partial charge on any atom is 0.188 e. The lowest BCUT2D eigenvalue weighted by molar-refractivity contribution is 0.446. The Morgan fingerprint density at radius 3 is 1.56 bits per heavy atom. The standard InChI is InChI=1S/C11H6ClNOS2.C7H8O2S.C5HBrClNS.2CH3Br/c12-11-10(6-8(7-13)15-11)16(14)9-4-2-1-3-5-9;1-9-10(8)7-5-3-2-4-6-7;6-4-1-3(2-8)9-5(4)7;2*1-2/h1-6H;2-6H,1H3;1H;2*1H3. The van der Waals surface area contributed by atoms with Crippen molar-refractivity contribution in [1.82, 2.24) is 0 Å². The molecule has 4 rings (SSSR count). The molecule has 4 aromatic rings. The first-order valence-corrected chi connectivity index (χ1v) is 18.7. The van der Waals surface area contributed by atoms with Crippen molar-refractivity contribution in [1.29, 1.82) is 10.5 Å². The van der Waals surface area contributed by atoms with Crippen LogP contribution in [0.15, 0.2) is 92.0 Å². The molecule has 0 saturated heterocycles. The lowest BCUT2D eigenvalue weighted by Crippen LogP contribution is -1.91. The molecule has 0 spiro atoms. The molecule has 39 heavy (non-hydrogen) atoms. The molecular formula is C25H21Br3Cl2N2O3S4. The highest BCUT2D eigenvalue weighted by molar-refractivity contribution is 9.10. The van der Waals surface area contributed by atoms with Crippen molar-refractivity contribution >= 4 is 116 Å². The molecule has 0 aliphatic carbocycles. The number of benzene rings is 2. The van der Waals surface area contributed by atoms with E-state index in [0.29, 0.717) is 33.1 Å². The van der Waals surface area contributed by atoms with Crippen molar-refractivity contribution < 1.29 is 12.6 Å². The van der Waals surface area contributed by atoms with Crippen LogP contribution in [0.1, 0.15) is 9.75 Å². The smallest absolute Gasteiger partial charge is 0.188 e. The fourth-order valence-corrected chi connectivity index (χ4v) is 6.85. The molecular weight excluding hydrogens is 815 g/mol. The molecule has 2 heterocycles. The Kier molecular flexibility index (Phi) is 22.2. The van der Waals surface area contributed by atoms with E-state index < -0.39 is 21.9 Å². The van der Waals surface area contributed by atoms with Crippen LogP contribution in [0.3, 0.4) is 0 Å². The van der Waals surface area contributed by atoms with Crippen molar-refractivity contribution in [2.45, 2.75) is 14.7 Å². The van der Waals surface area contributed by atoms with Gasteiger partial charge in [0.2, 0.25) is 0 Å². The van der Waals surface area contributed by atoms with E-state index in [1.807, 2.05) is 60.2 Å². The van der Waals surface area contributed by atoms with Crippen LogP contribution in [0.4, 0.5) is 0 Å². The van der Waals surface area contributed by atoms with Gasteiger partial charge in [0.05, 0.1) is 27.7 Å². The quantitative estimate of drug-likeness (QED) is 0.191. The molecule has 0 aliphatic heterocycles. The van der Waals surface area contributed by atoms with Gasteiger partial charge >= 0.3 is 0 Å². The molecule has 2 aromatic heterocycles. The molecule has 2 aromatic carbocycles. The van der Waals surface area contributed by atoms with Gasteiger partial charge in [-0.15, -0.1) is 22.7 Å². The van der Waals surface area contributed by atoms with E-state index in [9.17, 15) is 8.42 Å². The summed E-state index contributed by atoms with van der Waals surface area (Å²) in [5, 5.41) is 17.1. The number of alkyl halides is 2. The van der Waals surface area contributed by atoms with E-state index in [4.69, 9.17) is 33.7 Å². The van der Waals surface area contributed by atoms with Gasteiger partial charge < -0.3 is 0 Å². The van der Waals surface area contributed by atoms with Gasteiger partial charge in [-0.05, 0) is 64.0 Å². The summed E-state index contributed by atoms with van der Waals surface area (Å²) in [6.45, 7) is 0. The second kappa shape index (κ2) is 22.8. The maximum absolute atomic E-state index is 12.1. The minimum Gasteiger partial charge on any atom is -0.290 e. The molecule has 0 saturated carbocycles. The Morgan fingerprint density at radius 1 is 0.769 bits per heavy atom. The van der Waals surface area contributed by atoms with Gasteiger partial charge in [0.15, 0.2) is 11.1 Å². The molecule has 0 aliphatic rings. The van der Waals surface area contributed by atoms with Gasteiger partial charge in [-0.1, -0.05) is 91.5 Å². The first-order chi connectivity index (χ1) is 18.8. The first-order valence-electron chi connectivity index (χ1n) is 10.1. The number of halogens is 5. The van der Waals surface area contributed by atoms with E-state index in [1.54, 1.807) is 36.4 Å². The third-order valence-corrected chi connectivity index (χ3v) is 10.0. The second-order valence-electron chi connectivity index (χ2n) is 6.00. The average molecular weight is 836 g/mol. The number of rotatable bonds is 4. The van der Waals surface area contributed by atoms with Crippen molar-refractivity contribution in [3.05, 3.63) is 95.7 Å². The first kappa shape index (κ1) is 38.1. The topological polar surface area (TPSA) is 90.9 Å². The number of nitriles is 2. The predicted molar refractivity (Wildman–Crippen MR) is 176 cm³/mol.